The number of nitrogens with two attached hydrogens (primary N) is 1. The van der Waals surface area contributed by atoms with Gasteiger partial charge in [0.05, 0.1) is 12.3 Å². The van der Waals surface area contributed by atoms with Crippen LogP contribution in [0, 0.1) is 5.92 Å². The molecular weight excluding hydrogens is 236 g/mol. The fourth-order valence-corrected chi connectivity index (χ4v) is 1.98. The molecule has 0 aliphatic rings. The van der Waals surface area contributed by atoms with Crippen LogP contribution < -0.4 is 5.73 Å². The smallest absolute Gasteiger partial charge is 0.143 e. The van der Waals surface area contributed by atoms with Crippen molar-refractivity contribution in [3.8, 4) is 0 Å². The predicted molar refractivity (Wildman–Crippen MR) is 71.0 cm³/mol. The van der Waals surface area contributed by atoms with Crippen LogP contribution in [0.25, 0.3) is 0 Å². The Hall–Kier alpha value is -1.01. The molecule has 1 aromatic rings. The number of methoxy groups -OCH3 is 1. The van der Waals surface area contributed by atoms with E-state index in [1.54, 1.807) is 7.11 Å². The molecule has 0 bridgehead atoms. The highest BCUT2D eigenvalue weighted by molar-refractivity contribution is 7.80. The van der Waals surface area contributed by atoms with Crippen molar-refractivity contribution in [1.82, 2.24) is 15.0 Å². The highest BCUT2D eigenvalue weighted by Crippen LogP contribution is 2.18. The van der Waals surface area contributed by atoms with Gasteiger partial charge in [0.2, 0.25) is 0 Å². The lowest BCUT2D eigenvalue weighted by Gasteiger charge is -2.14. The zero-order chi connectivity index (χ0) is 13.0. The minimum absolute atomic E-state index is 0.288. The van der Waals surface area contributed by atoms with Gasteiger partial charge in [-0.15, -0.1) is 5.10 Å². The van der Waals surface area contributed by atoms with Crippen LogP contribution in [0.1, 0.15) is 38.1 Å². The molecule has 0 amide bonds. The molecule has 1 unspecified atom stereocenters. The molecule has 6 heteroatoms. The second-order valence-corrected chi connectivity index (χ2v) is 5.02. The van der Waals surface area contributed by atoms with Crippen LogP contribution in [0.5, 0.6) is 0 Å². The first-order valence-electron chi connectivity index (χ1n) is 5.69. The first-order chi connectivity index (χ1) is 7.97. The van der Waals surface area contributed by atoms with Crippen LogP contribution in [0.2, 0.25) is 0 Å². The Morgan fingerprint density at radius 3 is 2.59 bits per heavy atom. The normalized spacial score (nSPS) is 13.0. The van der Waals surface area contributed by atoms with Crippen molar-refractivity contribution < 1.29 is 4.74 Å². The maximum absolute atomic E-state index is 5.65. The molecule has 0 aliphatic heterocycles. The van der Waals surface area contributed by atoms with Crippen LogP contribution in [-0.4, -0.2) is 33.7 Å². The molecular formula is C11H20N4OS. The lowest BCUT2D eigenvalue weighted by Crippen LogP contribution is -2.18. The molecule has 0 saturated heterocycles. The number of aromatic nitrogens is 3. The third-order valence-electron chi connectivity index (χ3n) is 2.49. The lowest BCUT2D eigenvalue weighted by molar-refractivity contribution is 0.148. The van der Waals surface area contributed by atoms with E-state index in [1.165, 1.54) is 0 Å². The fraction of sp³-hybridized carbons (Fsp3) is 0.727. The summed E-state index contributed by atoms with van der Waals surface area (Å²) in [5.74, 6) is 0.662. The summed E-state index contributed by atoms with van der Waals surface area (Å²) in [4.78, 5) is 0.305. The van der Waals surface area contributed by atoms with E-state index < -0.39 is 0 Å². The Kier molecular flexibility index (Phi) is 5.02. The van der Waals surface area contributed by atoms with Crippen LogP contribution in [-0.2, 0) is 11.3 Å². The maximum Gasteiger partial charge on any atom is 0.143 e. The Balaban J connectivity index is 2.96. The average molecular weight is 256 g/mol. The molecule has 0 spiro atoms. The van der Waals surface area contributed by atoms with Crippen molar-refractivity contribution in [2.45, 2.75) is 33.2 Å². The van der Waals surface area contributed by atoms with Gasteiger partial charge in [-0.05, 0) is 11.8 Å². The quantitative estimate of drug-likeness (QED) is 0.778. The standard InChI is InChI=1S/C11H20N4OS/c1-7(2)10-9(11(12)17)13-14-15(10)5-8(3)6-16-4/h7-8H,5-6H2,1-4H3,(H2,12,17). The van der Waals surface area contributed by atoms with Crippen molar-refractivity contribution in [1.29, 1.82) is 0 Å². The van der Waals surface area contributed by atoms with Crippen LogP contribution in [0.15, 0.2) is 0 Å². The van der Waals surface area contributed by atoms with E-state index in [1.807, 2.05) is 4.68 Å². The van der Waals surface area contributed by atoms with Gasteiger partial charge >= 0.3 is 0 Å². The number of hydrogen-bond acceptors (Lipinski definition) is 4. The molecule has 1 atom stereocenters. The molecule has 1 heterocycles. The van der Waals surface area contributed by atoms with Gasteiger partial charge in [-0.1, -0.05) is 38.2 Å². The second kappa shape index (κ2) is 6.07. The summed E-state index contributed by atoms with van der Waals surface area (Å²) in [7, 11) is 1.70. The minimum atomic E-state index is 0.288. The van der Waals surface area contributed by atoms with Crippen LogP contribution in [0.4, 0.5) is 0 Å². The molecule has 17 heavy (non-hydrogen) atoms. The summed E-state index contributed by atoms with van der Waals surface area (Å²) in [6.45, 7) is 7.72. The summed E-state index contributed by atoms with van der Waals surface area (Å²) in [6.07, 6.45) is 0. The third-order valence-corrected chi connectivity index (χ3v) is 2.68. The number of hydrogen-bond donors (Lipinski definition) is 1. The molecule has 0 aliphatic carbocycles. The highest BCUT2D eigenvalue weighted by atomic mass is 32.1. The Labute approximate surface area is 107 Å². The maximum atomic E-state index is 5.65. The Morgan fingerprint density at radius 2 is 2.12 bits per heavy atom. The summed E-state index contributed by atoms with van der Waals surface area (Å²) in [6, 6.07) is 0. The summed E-state index contributed by atoms with van der Waals surface area (Å²) < 4.78 is 7.00. The van der Waals surface area contributed by atoms with Gasteiger partial charge in [0.15, 0.2) is 0 Å². The Morgan fingerprint density at radius 1 is 1.47 bits per heavy atom. The van der Waals surface area contributed by atoms with Gasteiger partial charge in [0.25, 0.3) is 0 Å². The number of rotatable bonds is 6. The topological polar surface area (TPSA) is 66.0 Å². The van der Waals surface area contributed by atoms with Gasteiger partial charge in [0.1, 0.15) is 10.7 Å². The van der Waals surface area contributed by atoms with Crippen LogP contribution in [0.3, 0.4) is 0 Å². The van der Waals surface area contributed by atoms with Gasteiger partial charge in [-0.25, -0.2) is 4.68 Å². The minimum Gasteiger partial charge on any atom is -0.388 e. The molecule has 0 radical (unpaired) electrons. The molecule has 1 aromatic heterocycles. The van der Waals surface area contributed by atoms with E-state index in [0.29, 0.717) is 23.2 Å². The van der Waals surface area contributed by atoms with E-state index in [-0.39, 0.29) is 5.92 Å². The molecule has 0 aromatic carbocycles. The molecule has 0 saturated carbocycles. The van der Waals surface area contributed by atoms with Crippen molar-refractivity contribution >= 4 is 17.2 Å². The van der Waals surface area contributed by atoms with E-state index in [2.05, 4.69) is 31.1 Å². The lowest BCUT2D eigenvalue weighted by atomic mass is 10.1. The predicted octanol–water partition coefficient (Wildman–Crippen LogP) is 1.32. The van der Waals surface area contributed by atoms with Crippen molar-refractivity contribution in [2.24, 2.45) is 11.7 Å². The van der Waals surface area contributed by atoms with E-state index in [0.717, 1.165) is 12.2 Å². The number of thiocarbonyl (C=S) groups is 1. The third kappa shape index (κ3) is 3.47. The highest BCUT2D eigenvalue weighted by Gasteiger charge is 2.19. The first-order valence-corrected chi connectivity index (χ1v) is 6.10. The Bertz CT molecular complexity index is 389. The monoisotopic (exact) mass is 256 g/mol. The molecule has 2 N–H and O–H groups in total. The van der Waals surface area contributed by atoms with Crippen molar-refractivity contribution in [3.63, 3.8) is 0 Å². The van der Waals surface area contributed by atoms with Crippen molar-refractivity contribution in [2.75, 3.05) is 13.7 Å². The summed E-state index contributed by atoms with van der Waals surface area (Å²) in [5, 5.41) is 8.18. The van der Waals surface area contributed by atoms with Gasteiger partial charge in [0, 0.05) is 13.7 Å². The largest absolute Gasteiger partial charge is 0.388 e. The van der Waals surface area contributed by atoms with E-state index in [4.69, 9.17) is 22.7 Å². The first kappa shape index (κ1) is 14.1. The van der Waals surface area contributed by atoms with E-state index in [9.17, 15) is 0 Å². The van der Waals surface area contributed by atoms with Gasteiger partial charge in [-0.3, -0.25) is 0 Å². The number of ether oxygens (including phenoxy) is 1. The summed E-state index contributed by atoms with van der Waals surface area (Å²) >= 11 is 4.98. The molecule has 96 valence electrons. The summed E-state index contributed by atoms with van der Waals surface area (Å²) in [5.41, 5.74) is 7.29. The number of nitrogens with zero attached hydrogens (tertiary/aromatic N) is 3. The molecule has 0 fully saturated rings. The zero-order valence-corrected chi connectivity index (χ0v) is 11.6. The van der Waals surface area contributed by atoms with Gasteiger partial charge in [-0.2, -0.15) is 0 Å². The van der Waals surface area contributed by atoms with Gasteiger partial charge < -0.3 is 10.5 Å². The van der Waals surface area contributed by atoms with E-state index >= 15 is 0 Å². The zero-order valence-electron chi connectivity index (χ0n) is 10.8. The SMILES string of the molecule is COCC(C)Cn1nnc(C(N)=S)c1C(C)C. The molecule has 5 nitrogen and oxygen atoms in total. The second-order valence-electron chi connectivity index (χ2n) is 4.58. The van der Waals surface area contributed by atoms with Crippen molar-refractivity contribution in [3.05, 3.63) is 11.4 Å². The fourth-order valence-electron chi connectivity index (χ4n) is 1.83. The molecule has 1 rings (SSSR count). The van der Waals surface area contributed by atoms with Crippen LogP contribution >= 0.6 is 12.2 Å². The average Bonchev–Trinajstić information content (AvgIpc) is 2.61.